The van der Waals surface area contributed by atoms with Crippen molar-refractivity contribution < 1.29 is 9.36 Å². The van der Waals surface area contributed by atoms with Gasteiger partial charge in [0.25, 0.3) is 0 Å². The van der Waals surface area contributed by atoms with Crippen molar-refractivity contribution in [3.63, 3.8) is 0 Å². The van der Waals surface area contributed by atoms with E-state index in [9.17, 15) is 4.79 Å². The Balaban J connectivity index is 2.65. The number of carbonyl (C=O) groups is 1. The Kier molecular flexibility index (Phi) is 10.1. The Hall–Kier alpha value is -4.31. The van der Waals surface area contributed by atoms with Crippen LogP contribution in [-0.4, -0.2) is 16.9 Å². The quantitative estimate of drug-likeness (QED) is 0.287. The molecule has 0 radical (unpaired) electrons. The van der Waals surface area contributed by atoms with Gasteiger partial charge in [0.2, 0.25) is 0 Å². The van der Waals surface area contributed by atoms with Gasteiger partial charge in [0, 0.05) is 18.4 Å². The average molecular weight is 451 g/mol. The van der Waals surface area contributed by atoms with E-state index in [1.54, 1.807) is 47.2 Å². The lowest BCUT2D eigenvalue weighted by atomic mass is 10.1. The van der Waals surface area contributed by atoms with Crippen LogP contribution in [0.2, 0.25) is 0 Å². The first-order chi connectivity index (χ1) is 16.5. The number of hydrogen-bond acceptors (Lipinski definition) is 3. The smallest absolute Gasteiger partial charge is 0.258 e. The minimum atomic E-state index is -0.439. The lowest BCUT2D eigenvalue weighted by Crippen LogP contribution is -2.43. The van der Waals surface area contributed by atoms with Crippen molar-refractivity contribution >= 4 is 17.3 Å². The molecular weight excluding hydrogens is 418 g/mol. The van der Waals surface area contributed by atoms with Crippen molar-refractivity contribution in [1.82, 2.24) is 4.98 Å². The molecule has 0 saturated heterocycles. The molecule has 0 bridgehead atoms. The van der Waals surface area contributed by atoms with Gasteiger partial charge in [-0.1, -0.05) is 118 Å². The normalized spacial score (nSPS) is 16.3. The van der Waals surface area contributed by atoms with Crippen molar-refractivity contribution in [2.45, 2.75) is 18.9 Å². The predicted molar refractivity (Wildman–Crippen MR) is 144 cm³/mol. The Morgan fingerprint density at radius 2 is 1.56 bits per heavy atom. The van der Waals surface area contributed by atoms with Crippen molar-refractivity contribution in [3.8, 4) is 0 Å². The first-order valence-electron chi connectivity index (χ1n) is 11.0. The highest BCUT2D eigenvalue weighted by Crippen LogP contribution is 2.25. The van der Waals surface area contributed by atoms with Crippen LogP contribution in [-0.2, 0) is 6.42 Å². The number of allylic oxidation sites excluding steroid dienone is 15. The van der Waals surface area contributed by atoms with Gasteiger partial charge in [-0.15, -0.1) is 0 Å². The number of carbonyl (C=O) groups excluding carboxylic acids is 1. The van der Waals surface area contributed by atoms with E-state index >= 15 is 0 Å². The highest BCUT2D eigenvalue weighted by molar-refractivity contribution is 5.83. The van der Waals surface area contributed by atoms with Gasteiger partial charge in [-0.3, -0.25) is 5.32 Å². The van der Waals surface area contributed by atoms with Gasteiger partial charge in [0.1, 0.15) is 17.6 Å². The number of rotatable bonds is 13. The van der Waals surface area contributed by atoms with E-state index in [4.69, 9.17) is 4.98 Å². The standard InChI is InChI=1S/C30H31N3O/c1-7-13-18-24(16-10-4)21-26-29-32-27(20-23(12-6)15-9-3)30(34)33(29)22-28(31-26)25(17-11-5)19-14-8-2/h7-19,22,27H,1-6,20-21H2/p+1/b18-13-,19-14-,23-15+,24-16+,25-17+. The molecule has 2 heterocycles. The molecule has 1 N–H and O–H groups in total. The van der Waals surface area contributed by atoms with Crippen LogP contribution in [0.4, 0.5) is 5.82 Å². The van der Waals surface area contributed by atoms with Crippen LogP contribution in [0.15, 0.2) is 136 Å². The first-order valence-corrected chi connectivity index (χ1v) is 11.0. The molecule has 0 aromatic carbocycles. The van der Waals surface area contributed by atoms with E-state index in [2.05, 4.69) is 44.8 Å². The Morgan fingerprint density at radius 1 is 0.912 bits per heavy atom. The summed E-state index contributed by atoms with van der Waals surface area (Å²) in [5.41, 5.74) is 4.12. The number of aromatic nitrogens is 2. The van der Waals surface area contributed by atoms with E-state index in [0.717, 1.165) is 22.4 Å². The molecule has 0 aliphatic carbocycles. The molecule has 1 atom stereocenters. The van der Waals surface area contributed by atoms with Gasteiger partial charge in [-0.25, -0.2) is 9.78 Å². The summed E-state index contributed by atoms with van der Waals surface area (Å²) in [6.07, 6.45) is 26.2. The van der Waals surface area contributed by atoms with E-state index in [1.807, 2.05) is 42.5 Å². The average Bonchev–Trinajstić information content (AvgIpc) is 3.15. The summed E-state index contributed by atoms with van der Waals surface area (Å²) in [5.74, 6) is 0.617. The van der Waals surface area contributed by atoms with Crippen LogP contribution >= 0.6 is 0 Å². The summed E-state index contributed by atoms with van der Waals surface area (Å²) in [6, 6.07) is -0.439. The number of nitrogens with zero attached hydrogens (tertiary/aromatic N) is 2. The summed E-state index contributed by atoms with van der Waals surface area (Å²) in [5, 5.41) is 3.38. The molecule has 34 heavy (non-hydrogen) atoms. The fourth-order valence-corrected chi connectivity index (χ4v) is 3.52. The largest absolute Gasteiger partial charge is 0.359 e. The van der Waals surface area contributed by atoms with Crippen LogP contribution in [0.3, 0.4) is 0 Å². The maximum absolute atomic E-state index is 13.4. The summed E-state index contributed by atoms with van der Waals surface area (Å²) >= 11 is 0. The Morgan fingerprint density at radius 3 is 2.18 bits per heavy atom. The molecule has 0 amide bonds. The second-order valence-electron chi connectivity index (χ2n) is 7.41. The van der Waals surface area contributed by atoms with Crippen LogP contribution in [0, 0.1) is 0 Å². The number of nitrogens with one attached hydrogen (secondary N) is 1. The van der Waals surface area contributed by atoms with Crippen LogP contribution in [0.1, 0.15) is 22.6 Å². The number of hydrogen-bond donors (Lipinski definition) is 1. The molecule has 4 heteroatoms. The fourth-order valence-electron chi connectivity index (χ4n) is 3.52. The molecule has 4 nitrogen and oxygen atoms in total. The minimum Gasteiger partial charge on any atom is -0.258 e. The van der Waals surface area contributed by atoms with Crippen molar-refractivity contribution in [2.24, 2.45) is 0 Å². The zero-order chi connectivity index (χ0) is 24.9. The molecule has 1 aliphatic heterocycles. The third kappa shape index (κ3) is 6.59. The molecule has 2 rings (SSSR count). The lowest BCUT2D eigenvalue weighted by Gasteiger charge is -2.08. The van der Waals surface area contributed by atoms with Gasteiger partial charge in [-0.2, -0.15) is 4.57 Å². The van der Waals surface area contributed by atoms with Crippen molar-refractivity contribution in [2.75, 3.05) is 5.32 Å². The third-order valence-electron chi connectivity index (χ3n) is 5.06. The molecular formula is C30H32N3O+. The van der Waals surface area contributed by atoms with Gasteiger partial charge in [0.05, 0.1) is 0 Å². The molecule has 172 valence electrons. The molecule has 1 unspecified atom stereocenters. The zero-order valence-corrected chi connectivity index (χ0v) is 19.6. The molecule has 1 aromatic heterocycles. The van der Waals surface area contributed by atoms with Crippen LogP contribution in [0.25, 0.3) is 5.57 Å². The number of anilines is 1. The highest BCUT2D eigenvalue weighted by atomic mass is 16.2. The monoisotopic (exact) mass is 450 g/mol. The molecule has 1 aliphatic rings. The Bertz CT molecular complexity index is 1160. The van der Waals surface area contributed by atoms with Gasteiger partial charge < -0.3 is 0 Å². The first kappa shape index (κ1) is 25.9. The lowest BCUT2D eigenvalue weighted by molar-refractivity contribution is -0.553. The van der Waals surface area contributed by atoms with Gasteiger partial charge >= 0.3 is 11.7 Å². The zero-order valence-electron chi connectivity index (χ0n) is 19.6. The molecule has 0 saturated carbocycles. The minimum absolute atomic E-state index is 0.0572. The van der Waals surface area contributed by atoms with Crippen molar-refractivity contribution in [1.29, 1.82) is 0 Å². The summed E-state index contributed by atoms with van der Waals surface area (Å²) < 4.78 is 1.65. The van der Waals surface area contributed by atoms with Crippen LogP contribution in [0.5, 0.6) is 0 Å². The van der Waals surface area contributed by atoms with Crippen molar-refractivity contribution in [3.05, 3.63) is 147 Å². The molecule has 0 spiro atoms. The van der Waals surface area contributed by atoms with E-state index in [1.165, 1.54) is 0 Å². The third-order valence-corrected chi connectivity index (χ3v) is 5.06. The summed E-state index contributed by atoms with van der Waals surface area (Å²) in [4.78, 5) is 18.3. The maximum atomic E-state index is 13.4. The molecule has 1 aromatic rings. The van der Waals surface area contributed by atoms with E-state index in [-0.39, 0.29) is 5.91 Å². The molecule has 0 fully saturated rings. The van der Waals surface area contributed by atoms with E-state index in [0.29, 0.717) is 24.4 Å². The predicted octanol–water partition coefficient (Wildman–Crippen LogP) is 6.20. The van der Waals surface area contributed by atoms with Gasteiger partial charge in [0.15, 0.2) is 6.04 Å². The fraction of sp³-hybridized carbons (Fsp3) is 0.100. The summed E-state index contributed by atoms with van der Waals surface area (Å²) in [7, 11) is 0. The Labute approximate surface area is 203 Å². The SMILES string of the molecule is C=C/C=C\C(=C/C=C)Cc1nc(C(/C=C\C=C)=C/C=C)c[n+]2c1NC(C/C(C=C)=C/C=C)C2=O. The topological polar surface area (TPSA) is 45.9 Å². The summed E-state index contributed by atoms with van der Waals surface area (Å²) in [6.45, 7) is 22.7. The van der Waals surface area contributed by atoms with Crippen LogP contribution < -0.4 is 9.88 Å². The highest BCUT2D eigenvalue weighted by Gasteiger charge is 2.41. The second kappa shape index (κ2) is 13.3. The number of fused-ring (bicyclic) bond motifs is 1. The van der Waals surface area contributed by atoms with E-state index < -0.39 is 6.04 Å². The second-order valence-corrected chi connectivity index (χ2v) is 7.41. The van der Waals surface area contributed by atoms with Gasteiger partial charge in [-0.05, 0) is 11.1 Å². The maximum Gasteiger partial charge on any atom is 0.359 e.